The normalized spacial score (nSPS) is 19.2. The van der Waals surface area contributed by atoms with Crippen LogP contribution in [-0.4, -0.2) is 42.8 Å². The number of hydrogen-bond donors (Lipinski definition) is 2. The number of carboxylic acids is 1. The molecule has 6 nitrogen and oxygen atoms in total. The van der Waals surface area contributed by atoms with E-state index in [1.165, 1.54) is 0 Å². The van der Waals surface area contributed by atoms with Gasteiger partial charge in [0.15, 0.2) is 6.61 Å². The molecule has 0 radical (unpaired) electrons. The van der Waals surface area contributed by atoms with Gasteiger partial charge in [-0.15, -0.1) is 0 Å². The monoisotopic (exact) mass is 349 g/mol. The van der Waals surface area contributed by atoms with Crippen LogP contribution in [0.1, 0.15) is 47.7 Å². The number of rotatable bonds is 9. The van der Waals surface area contributed by atoms with Gasteiger partial charge in [-0.05, 0) is 69.2 Å². The summed E-state index contributed by atoms with van der Waals surface area (Å²) in [5, 5.41) is 11.7. The highest BCUT2D eigenvalue weighted by atomic mass is 16.5. The number of ether oxygens (including phenoxy) is 2. The Balaban J connectivity index is 1.82. The zero-order valence-electron chi connectivity index (χ0n) is 15.1. The molecular formula is C19H27NO5. The van der Waals surface area contributed by atoms with E-state index in [0.29, 0.717) is 29.9 Å². The molecular weight excluding hydrogens is 322 g/mol. The van der Waals surface area contributed by atoms with Gasteiger partial charge in [0.05, 0.1) is 6.10 Å². The quantitative estimate of drug-likeness (QED) is 0.716. The predicted molar refractivity (Wildman–Crippen MR) is 94.1 cm³/mol. The van der Waals surface area contributed by atoms with Crippen LogP contribution in [-0.2, 0) is 9.53 Å². The first-order valence-corrected chi connectivity index (χ1v) is 8.76. The number of aryl methyl sites for hydroxylation is 2. The summed E-state index contributed by atoms with van der Waals surface area (Å²) in [6.07, 6.45) is 3.52. The topological polar surface area (TPSA) is 84.9 Å². The van der Waals surface area contributed by atoms with Crippen molar-refractivity contribution >= 4 is 11.9 Å². The third-order valence-corrected chi connectivity index (χ3v) is 4.50. The van der Waals surface area contributed by atoms with E-state index in [2.05, 4.69) is 5.32 Å². The van der Waals surface area contributed by atoms with Crippen molar-refractivity contribution in [3.8, 4) is 5.75 Å². The molecule has 0 bridgehead atoms. The molecule has 2 N–H and O–H groups in total. The number of hydrogen-bond acceptors (Lipinski definition) is 4. The van der Waals surface area contributed by atoms with Gasteiger partial charge in [0, 0.05) is 18.7 Å². The van der Waals surface area contributed by atoms with Crippen LogP contribution in [0.2, 0.25) is 0 Å². The van der Waals surface area contributed by atoms with Crippen LogP contribution < -0.4 is 10.1 Å². The maximum absolute atomic E-state index is 12.3. The molecule has 0 spiro atoms. The molecule has 138 valence electrons. The molecule has 0 saturated heterocycles. The Kier molecular flexibility index (Phi) is 6.82. The minimum Gasteiger partial charge on any atom is -0.481 e. The number of nitrogens with one attached hydrogen (secondary N) is 1. The lowest BCUT2D eigenvalue weighted by Gasteiger charge is -2.34. The maximum Gasteiger partial charge on any atom is 0.341 e. The second-order valence-electron chi connectivity index (χ2n) is 6.58. The Bertz CT molecular complexity index is 599. The van der Waals surface area contributed by atoms with E-state index in [1.54, 1.807) is 12.1 Å². The van der Waals surface area contributed by atoms with Crippen LogP contribution in [0.3, 0.4) is 0 Å². The zero-order valence-corrected chi connectivity index (χ0v) is 15.1. The van der Waals surface area contributed by atoms with Gasteiger partial charge in [-0.25, -0.2) is 4.79 Å². The average molecular weight is 349 g/mol. The first-order valence-electron chi connectivity index (χ1n) is 8.76. The summed E-state index contributed by atoms with van der Waals surface area (Å²) in [5.41, 5.74) is 2.08. The molecule has 0 heterocycles. The third kappa shape index (κ3) is 5.46. The van der Waals surface area contributed by atoms with Gasteiger partial charge in [0.1, 0.15) is 5.75 Å². The molecule has 0 aliphatic heterocycles. The lowest BCUT2D eigenvalue weighted by molar-refractivity contribution is -0.139. The maximum atomic E-state index is 12.3. The minimum absolute atomic E-state index is 0.114. The van der Waals surface area contributed by atoms with Crippen LogP contribution in [0.25, 0.3) is 0 Å². The Morgan fingerprint density at radius 1 is 1.24 bits per heavy atom. The highest BCUT2D eigenvalue weighted by Crippen LogP contribution is 2.32. The number of benzene rings is 1. The highest BCUT2D eigenvalue weighted by molar-refractivity contribution is 5.94. The van der Waals surface area contributed by atoms with Crippen LogP contribution in [0.4, 0.5) is 0 Å². The van der Waals surface area contributed by atoms with Gasteiger partial charge < -0.3 is 19.9 Å². The van der Waals surface area contributed by atoms with E-state index in [0.717, 1.165) is 37.0 Å². The Hall–Kier alpha value is -2.08. The zero-order chi connectivity index (χ0) is 18.4. The van der Waals surface area contributed by atoms with Crippen molar-refractivity contribution in [2.45, 2.75) is 46.1 Å². The third-order valence-electron chi connectivity index (χ3n) is 4.50. The van der Waals surface area contributed by atoms with Crippen LogP contribution >= 0.6 is 0 Å². The summed E-state index contributed by atoms with van der Waals surface area (Å²) in [7, 11) is 0. The van der Waals surface area contributed by atoms with E-state index in [4.69, 9.17) is 14.6 Å². The summed E-state index contributed by atoms with van der Waals surface area (Å²) in [6.45, 7) is 6.65. The van der Waals surface area contributed by atoms with Crippen molar-refractivity contribution in [2.75, 3.05) is 19.8 Å². The van der Waals surface area contributed by atoms with Crippen LogP contribution in [0.15, 0.2) is 12.1 Å². The molecule has 1 aliphatic rings. The standard InChI is InChI=1S/C19H27NO5/c1-4-24-16-9-14(10-16)5-6-20-19(23)15-7-12(2)18(13(3)8-15)25-11-17(21)22/h7-8,14,16H,4-6,9-11H2,1-3H3,(H,20,23)(H,21,22). The van der Waals surface area contributed by atoms with Gasteiger partial charge >= 0.3 is 5.97 Å². The highest BCUT2D eigenvalue weighted by Gasteiger charge is 2.28. The number of carboxylic acid groups (broad SMARTS) is 1. The largest absolute Gasteiger partial charge is 0.481 e. The molecule has 1 aliphatic carbocycles. The Morgan fingerprint density at radius 3 is 2.44 bits per heavy atom. The summed E-state index contributed by atoms with van der Waals surface area (Å²) < 4.78 is 10.8. The van der Waals surface area contributed by atoms with Gasteiger partial charge in [-0.2, -0.15) is 0 Å². The van der Waals surface area contributed by atoms with Crippen molar-refractivity contribution in [1.82, 2.24) is 5.32 Å². The molecule has 0 atom stereocenters. The molecule has 25 heavy (non-hydrogen) atoms. The number of carbonyl (C=O) groups is 2. The van der Waals surface area contributed by atoms with E-state index < -0.39 is 12.6 Å². The number of aliphatic carboxylic acids is 1. The van der Waals surface area contributed by atoms with Crippen molar-refractivity contribution in [1.29, 1.82) is 0 Å². The summed E-state index contributed by atoms with van der Waals surface area (Å²) in [4.78, 5) is 22.9. The molecule has 0 aromatic heterocycles. The SMILES string of the molecule is CCOC1CC(CCNC(=O)c2cc(C)c(OCC(=O)O)c(C)c2)C1. The second kappa shape index (κ2) is 8.85. The molecule has 2 rings (SSSR count). The van der Waals surface area contributed by atoms with E-state index in [9.17, 15) is 9.59 Å². The second-order valence-corrected chi connectivity index (χ2v) is 6.58. The van der Waals surface area contributed by atoms with Gasteiger partial charge in [0.2, 0.25) is 0 Å². The molecule has 6 heteroatoms. The fourth-order valence-electron chi connectivity index (χ4n) is 3.22. The van der Waals surface area contributed by atoms with Gasteiger partial charge in [-0.3, -0.25) is 4.79 Å². The van der Waals surface area contributed by atoms with Crippen LogP contribution in [0.5, 0.6) is 5.75 Å². The first-order chi connectivity index (χ1) is 11.9. The number of amides is 1. The minimum atomic E-state index is -1.02. The van der Waals surface area contributed by atoms with Crippen molar-refractivity contribution in [2.24, 2.45) is 5.92 Å². The Labute approximate surface area is 148 Å². The van der Waals surface area contributed by atoms with E-state index in [1.807, 2.05) is 20.8 Å². The smallest absolute Gasteiger partial charge is 0.341 e. The van der Waals surface area contributed by atoms with Crippen molar-refractivity contribution in [3.05, 3.63) is 28.8 Å². The van der Waals surface area contributed by atoms with E-state index in [-0.39, 0.29) is 5.91 Å². The fourth-order valence-corrected chi connectivity index (χ4v) is 3.22. The summed E-state index contributed by atoms with van der Waals surface area (Å²) in [5.74, 6) is 0.0161. The van der Waals surface area contributed by atoms with E-state index >= 15 is 0 Å². The molecule has 1 aromatic rings. The van der Waals surface area contributed by atoms with Gasteiger partial charge in [-0.1, -0.05) is 0 Å². The average Bonchev–Trinajstić information content (AvgIpc) is 2.50. The number of carbonyl (C=O) groups excluding carboxylic acids is 1. The Morgan fingerprint density at radius 2 is 1.88 bits per heavy atom. The lowest BCUT2D eigenvalue weighted by Crippen LogP contribution is -2.34. The lowest BCUT2D eigenvalue weighted by atomic mass is 9.80. The van der Waals surface area contributed by atoms with Gasteiger partial charge in [0.25, 0.3) is 5.91 Å². The van der Waals surface area contributed by atoms with Crippen molar-refractivity contribution in [3.63, 3.8) is 0 Å². The predicted octanol–water partition coefficient (Wildman–Crippen LogP) is 2.70. The van der Waals surface area contributed by atoms with Crippen molar-refractivity contribution < 1.29 is 24.2 Å². The molecule has 1 saturated carbocycles. The molecule has 0 unspecified atom stereocenters. The summed E-state index contributed by atoms with van der Waals surface area (Å²) in [6, 6.07) is 3.46. The molecule has 1 aromatic carbocycles. The molecule has 1 fully saturated rings. The van der Waals surface area contributed by atoms with Crippen LogP contribution in [0, 0.1) is 19.8 Å². The molecule has 1 amide bonds. The fraction of sp³-hybridized carbons (Fsp3) is 0.579. The first kappa shape index (κ1) is 19.2. The summed E-state index contributed by atoms with van der Waals surface area (Å²) >= 11 is 0.